The molecular weight excluding hydrogens is 296 g/mol. The highest BCUT2D eigenvalue weighted by molar-refractivity contribution is 5.80. The van der Waals surface area contributed by atoms with E-state index in [1.165, 1.54) is 7.11 Å². The fraction of sp³-hybridized carbons (Fsp3) is 0.875. The first-order valence-electron chi connectivity index (χ1n) is 8.40. The van der Waals surface area contributed by atoms with Crippen molar-refractivity contribution < 1.29 is 14.3 Å². The lowest BCUT2D eigenvalue weighted by Gasteiger charge is -2.35. The summed E-state index contributed by atoms with van der Waals surface area (Å²) < 4.78 is 10.1. The Hall–Kier alpha value is -1.34. The Kier molecular flexibility index (Phi) is 9.63. The van der Waals surface area contributed by atoms with E-state index in [-0.39, 0.29) is 5.97 Å². The van der Waals surface area contributed by atoms with Gasteiger partial charge in [-0.1, -0.05) is 13.8 Å². The predicted molar refractivity (Wildman–Crippen MR) is 91.6 cm³/mol. The number of nitrogens with zero attached hydrogens (tertiary/aromatic N) is 2. The van der Waals surface area contributed by atoms with Crippen LogP contribution in [0.25, 0.3) is 0 Å². The van der Waals surface area contributed by atoms with Crippen LogP contribution in [0.15, 0.2) is 4.99 Å². The van der Waals surface area contributed by atoms with Crippen LogP contribution in [0, 0.1) is 5.92 Å². The summed E-state index contributed by atoms with van der Waals surface area (Å²) in [7, 11) is 3.13. The summed E-state index contributed by atoms with van der Waals surface area (Å²) in [6, 6.07) is 0.457. The van der Waals surface area contributed by atoms with E-state index < -0.39 is 0 Å². The molecule has 2 N–H and O–H groups in total. The maximum atomic E-state index is 11.1. The molecule has 1 heterocycles. The highest BCUT2D eigenvalue weighted by atomic mass is 16.5. The minimum Gasteiger partial charge on any atom is -0.469 e. The van der Waals surface area contributed by atoms with Gasteiger partial charge in [0, 0.05) is 39.3 Å². The summed E-state index contributed by atoms with van der Waals surface area (Å²) in [5.41, 5.74) is 0. The van der Waals surface area contributed by atoms with E-state index in [1.807, 2.05) is 0 Å². The van der Waals surface area contributed by atoms with Gasteiger partial charge in [0.15, 0.2) is 5.96 Å². The number of esters is 1. The van der Waals surface area contributed by atoms with Gasteiger partial charge in [0.2, 0.25) is 0 Å². The lowest BCUT2D eigenvalue weighted by atomic mass is 10.0. The van der Waals surface area contributed by atoms with Crippen molar-refractivity contribution in [3.8, 4) is 0 Å². The van der Waals surface area contributed by atoms with Gasteiger partial charge in [0.1, 0.15) is 0 Å². The second kappa shape index (κ2) is 11.2. The van der Waals surface area contributed by atoms with Gasteiger partial charge in [-0.3, -0.25) is 14.7 Å². The number of guanidine groups is 1. The highest BCUT2D eigenvalue weighted by Gasteiger charge is 2.22. The fourth-order valence-corrected chi connectivity index (χ4v) is 2.67. The molecule has 1 aliphatic heterocycles. The molecule has 134 valence electrons. The molecule has 1 unspecified atom stereocenters. The Labute approximate surface area is 139 Å². The number of aliphatic imine (C=N–C) groups is 1. The minimum absolute atomic E-state index is 0.223. The summed E-state index contributed by atoms with van der Waals surface area (Å²) in [6.45, 7) is 9.41. The number of ether oxygens (including phenoxy) is 2. The van der Waals surface area contributed by atoms with Gasteiger partial charge in [0.05, 0.1) is 26.7 Å². The molecule has 1 aliphatic rings. The smallest absolute Gasteiger partial charge is 0.307 e. The Morgan fingerprint density at radius 2 is 2.00 bits per heavy atom. The molecule has 23 heavy (non-hydrogen) atoms. The zero-order valence-corrected chi connectivity index (χ0v) is 14.9. The molecule has 0 aliphatic carbocycles. The maximum absolute atomic E-state index is 11.1. The van der Waals surface area contributed by atoms with Crippen LogP contribution < -0.4 is 10.6 Å². The number of nitrogens with one attached hydrogen (secondary N) is 2. The van der Waals surface area contributed by atoms with Crippen molar-refractivity contribution in [3.63, 3.8) is 0 Å². The van der Waals surface area contributed by atoms with Crippen molar-refractivity contribution >= 4 is 11.9 Å². The van der Waals surface area contributed by atoms with E-state index >= 15 is 0 Å². The van der Waals surface area contributed by atoms with Gasteiger partial charge in [0.25, 0.3) is 0 Å². The standard InChI is InChI=1S/C16H32N4O3/c1-13(2)11-14(20-7-9-23-10-8-20)12-19-16(17-3)18-6-5-15(21)22-4/h13-14H,5-12H2,1-4H3,(H2,17,18,19). The highest BCUT2D eigenvalue weighted by Crippen LogP contribution is 2.12. The molecule has 0 radical (unpaired) electrons. The van der Waals surface area contributed by atoms with Crippen LogP contribution in [0.1, 0.15) is 26.7 Å². The topological polar surface area (TPSA) is 75.2 Å². The van der Waals surface area contributed by atoms with Crippen LogP contribution in [0.4, 0.5) is 0 Å². The number of methoxy groups -OCH3 is 1. The average Bonchev–Trinajstić information content (AvgIpc) is 2.56. The van der Waals surface area contributed by atoms with Crippen molar-refractivity contribution in [3.05, 3.63) is 0 Å². The lowest BCUT2D eigenvalue weighted by molar-refractivity contribution is -0.140. The van der Waals surface area contributed by atoms with E-state index in [1.54, 1.807) is 7.05 Å². The van der Waals surface area contributed by atoms with Gasteiger partial charge in [-0.2, -0.15) is 0 Å². The second-order valence-corrected chi connectivity index (χ2v) is 6.14. The zero-order chi connectivity index (χ0) is 17.1. The monoisotopic (exact) mass is 328 g/mol. The number of morpholine rings is 1. The third-order valence-electron chi connectivity index (χ3n) is 3.88. The van der Waals surface area contributed by atoms with Crippen molar-refractivity contribution in [2.24, 2.45) is 10.9 Å². The van der Waals surface area contributed by atoms with Crippen molar-refractivity contribution in [2.45, 2.75) is 32.7 Å². The van der Waals surface area contributed by atoms with Gasteiger partial charge in [-0.15, -0.1) is 0 Å². The first kappa shape index (κ1) is 19.7. The van der Waals surface area contributed by atoms with Crippen molar-refractivity contribution in [1.82, 2.24) is 15.5 Å². The van der Waals surface area contributed by atoms with Crippen LogP contribution in [0.3, 0.4) is 0 Å². The summed E-state index contributed by atoms with van der Waals surface area (Å²) >= 11 is 0. The first-order chi connectivity index (χ1) is 11.1. The molecule has 1 rings (SSSR count). The molecule has 0 bridgehead atoms. The Morgan fingerprint density at radius 3 is 2.57 bits per heavy atom. The normalized spacial score (nSPS) is 17.9. The second-order valence-electron chi connectivity index (χ2n) is 6.14. The summed E-state index contributed by atoms with van der Waals surface area (Å²) in [4.78, 5) is 17.8. The summed E-state index contributed by atoms with van der Waals surface area (Å²) in [6.07, 6.45) is 1.46. The number of hydrogen-bond acceptors (Lipinski definition) is 5. The van der Waals surface area contributed by atoms with Gasteiger partial charge >= 0.3 is 5.97 Å². The number of carbonyl (C=O) groups excluding carboxylic acids is 1. The van der Waals surface area contributed by atoms with Crippen molar-refractivity contribution in [2.75, 3.05) is 53.6 Å². The first-order valence-corrected chi connectivity index (χ1v) is 8.40. The van der Waals surface area contributed by atoms with Gasteiger partial charge in [-0.25, -0.2) is 0 Å². The van der Waals surface area contributed by atoms with Crippen LogP contribution in [-0.4, -0.2) is 76.4 Å². The maximum Gasteiger partial charge on any atom is 0.307 e. The molecule has 0 aromatic rings. The summed E-state index contributed by atoms with van der Waals surface area (Å²) in [5.74, 6) is 1.13. The molecule has 1 saturated heterocycles. The van der Waals surface area contributed by atoms with Crippen molar-refractivity contribution in [1.29, 1.82) is 0 Å². The van der Waals surface area contributed by atoms with E-state index in [0.29, 0.717) is 24.9 Å². The van der Waals surface area contributed by atoms with Crippen LogP contribution in [0.2, 0.25) is 0 Å². The molecule has 0 spiro atoms. The van der Waals surface area contributed by atoms with Gasteiger partial charge < -0.3 is 20.1 Å². The number of rotatable bonds is 8. The molecule has 0 aromatic carbocycles. The SMILES string of the molecule is CN=C(NCCC(=O)OC)NCC(CC(C)C)N1CCOCC1. The average molecular weight is 328 g/mol. The Morgan fingerprint density at radius 1 is 1.30 bits per heavy atom. The molecule has 0 aromatic heterocycles. The quantitative estimate of drug-likeness (QED) is 0.383. The molecule has 0 amide bonds. The molecule has 7 nitrogen and oxygen atoms in total. The molecule has 1 atom stereocenters. The number of carbonyl (C=O) groups is 1. The van der Waals surface area contributed by atoms with Gasteiger partial charge in [-0.05, 0) is 12.3 Å². The van der Waals surface area contributed by atoms with Crippen LogP contribution >= 0.6 is 0 Å². The molecule has 1 fully saturated rings. The largest absolute Gasteiger partial charge is 0.469 e. The predicted octanol–water partition coefficient (Wildman–Crippen LogP) is 0.461. The van der Waals surface area contributed by atoms with Crippen LogP contribution in [-0.2, 0) is 14.3 Å². The molecular formula is C16H32N4O3. The third-order valence-corrected chi connectivity index (χ3v) is 3.88. The molecule has 7 heteroatoms. The Balaban J connectivity index is 2.42. The van der Waals surface area contributed by atoms with E-state index in [2.05, 4.69) is 39.1 Å². The fourth-order valence-electron chi connectivity index (χ4n) is 2.67. The molecule has 0 saturated carbocycles. The van der Waals surface area contributed by atoms with E-state index in [4.69, 9.17) is 4.74 Å². The number of hydrogen-bond donors (Lipinski definition) is 2. The third kappa shape index (κ3) is 8.18. The van der Waals surface area contributed by atoms with E-state index in [9.17, 15) is 4.79 Å². The van der Waals surface area contributed by atoms with E-state index in [0.717, 1.165) is 45.2 Å². The van der Waals surface area contributed by atoms with Crippen LogP contribution in [0.5, 0.6) is 0 Å². The Bertz CT molecular complexity index is 368. The summed E-state index contributed by atoms with van der Waals surface area (Å²) in [5, 5.41) is 6.51. The minimum atomic E-state index is -0.223. The zero-order valence-electron chi connectivity index (χ0n) is 14.9. The lowest BCUT2D eigenvalue weighted by Crippen LogP contribution is -2.51.